The van der Waals surface area contributed by atoms with Gasteiger partial charge < -0.3 is 5.32 Å². The third-order valence-corrected chi connectivity index (χ3v) is 5.31. The van der Waals surface area contributed by atoms with Gasteiger partial charge in [0.05, 0.1) is 17.2 Å². The fraction of sp³-hybridized carbons (Fsp3) is 0.364. The molecule has 2 aromatic rings. The van der Waals surface area contributed by atoms with Gasteiger partial charge in [-0.15, -0.1) is 0 Å². The minimum absolute atomic E-state index is 0.0770. The highest BCUT2D eigenvalue weighted by molar-refractivity contribution is 5.78. The third-order valence-electron chi connectivity index (χ3n) is 5.31. The van der Waals surface area contributed by atoms with E-state index in [1.165, 1.54) is 18.2 Å². The maximum Gasteiger partial charge on any atom is 0.416 e. The maximum atomic E-state index is 13.8. The van der Waals surface area contributed by atoms with E-state index in [9.17, 15) is 22.4 Å². The van der Waals surface area contributed by atoms with E-state index in [0.29, 0.717) is 38.0 Å². The summed E-state index contributed by atoms with van der Waals surface area (Å²) in [6.07, 6.45) is -3.50. The van der Waals surface area contributed by atoms with Gasteiger partial charge in [0, 0.05) is 24.6 Å². The molecule has 158 valence electrons. The van der Waals surface area contributed by atoms with Crippen molar-refractivity contribution in [2.45, 2.75) is 32.1 Å². The van der Waals surface area contributed by atoms with Crippen LogP contribution in [0.2, 0.25) is 0 Å². The quantitative estimate of drug-likeness (QED) is 0.738. The number of hydrogen-bond acceptors (Lipinski definition) is 3. The van der Waals surface area contributed by atoms with Crippen LogP contribution in [-0.2, 0) is 24.1 Å². The van der Waals surface area contributed by atoms with E-state index in [1.54, 1.807) is 24.3 Å². The zero-order chi connectivity index (χ0) is 21.7. The van der Waals surface area contributed by atoms with Crippen LogP contribution in [0, 0.1) is 23.1 Å². The number of carbonyl (C=O) groups excluding carboxylic acids is 1. The molecule has 1 heterocycles. The van der Waals surface area contributed by atoms with Crippen LogP contribution < -0.4 is 5.32 Å². The zero-order valence-corrected chi connectivity index (χ0v) is 16.2. The number of piperidine rings is 1. The summed E-state index contributed by atoms with van der Waals surface area (Å²) >= 11 is 0. The highest BCUT2D eigenvalue weighted by Crippen LogP contribution is 2.32. The Morgan fingerprint density at radius 3 is 2.47 bits per heavy atom. The van der Waals surface area contributed by atoms with E-state index in [1.807, 2.05) is 0 Å². The lowest BCUT2D eigenvalue weighted by Crippen LogP contribution is -2.40. The van der Waals surface area contributed by atoms with Crippen molar-refractivity contribution < 1.29 is 22.4 Å². The van der Waals surface area contributed by atoms with Crippen LogP contribution in [0.1, 0.15) is 35.1 Å². The molecule has 1 N–H and O–H groups in total. The van der Waals surface area contributed by atoms with Crippen molar-refractivity contribution in [3.8, 4) is 6.07 Å². The summed E-state index contributed by atoms with van der Waals surface area (Å²) in [6.45, 7) is 1.42. The average Bonchev–Trinajstić information content (AvgIpc) is 2.73. The molecule has 3 rings (SSSR count). The number of nitriles is 1. The Bertz CT molecular complexity index is 944. The molecule has 0 radical (unpaired) electrons. The number of nitrogens with zero attached hydrogens (tertiary/aromatic N) is 2. The number of halogens is 4. The summed E-state index contributed by atoms with van der Waals surface area (Å²) in [5.41, 5.74) is -0.478. The Morgan fingerprint density at radius 2 is 1.83 bits per heavy atom. The van der Waals surface area contributed by atoms with Crippen LogP contribution >= 0.6 is 0 Å². The van der Waals surface area contributed by atoms with Gasteiger partial charge >= 0.3 is 6.18 Å². The van der Waals surface area contributed by atoms with Crippen LogP contribution in [0.3, 0.4) is 0 Å². The summed E-state index contributed by atoms with van der Waals surface area (Å²) in [5, 5.41) is 11.4. The standard InChI is InChI=1S/C22H21F4N3O/c23-20-4-2-1-3-18(20)14-29-9-7-16(8-10-29)21(30)28-13-17-6-5-15(12-27)11-19(17)22(24,25)26/h1-6,11,16H,7-10,13-14H2,(H,28,30). The van der Waals surface area contributed by atoms with Crippen molar-refractivity contribution in [2.75, 3.05) is 13.1 Å². The van der Waals surface area contributed by atoms with Gasteiger partial charge in [0.2, 0.25) is 5.91 Å². The molecule has 0 atom stereocenters. The molecule has 0 unspecified atom stereocenters. The van der Waals surface area contributed by atoms with E-state index >= 15 is 0 Å². The van der Waals surface area contributed by atoms with Gasteiger partial charge in [-0.05, 0) is 49.7 Å². The summed E-state index contributed by atoms with van der Waals surface area (Å²) in [4.78, 5) is 14.5. The van der Waals surface area contributed by atoms with Crippen LogP contribution in [0.5, 0.6) is 0 Å². The molecule has 0 spiro atoms. The van der Waals surface area contributed by atoms with Crippen molar-refractivity contribution in [1.29, 1.82) is 5.26 Å². The van der Waals surface area contributed by atoms with Gasteiger partial charge in [0.25, 0.3) is 0 Å². The fourth-order valence-electron chi connectivity index (χ4n) is 3.61. The van der Waals surface area contributed by atoms with Crippen LogP contribution in [0.15, 0.2) is 42.5 Å². The summed E-state index contributed by atoms with van der Waals surface area (Å²) in [5.74, 6) is -0.854. The molecule has 0 saturated carbocycles. The number of hydrogen-bond donors (Lipinski definition) is 1. The van der Waals surface area contributed by atoms with Crippen molar-refractivity contribution in [3.63, 3.8) is 0 Å². The van der Waals surface area contributed by atoms with E-state index in [4.69, 9.17) is 5.26 Å². The number of nitrogens with one attached hydrogen (secondary N) is 1. The van der Waals surface area contributed by atoms with Gasteiger partial charge in [-0.1, -0.05) is 24.3 Å². The first kappa shape index (κ1) is 21.8. The second kappa shape index (κ2) is 9.26. The number of likely N-dealkylation sites (tertiary alicyclic amines) is 1. The summed E-state index contributed by atoms with van der Waals surface area (Å²) in [7, 11) is 0. The Kier molecular flexibility index (Phi) is 6.73. The van der Waals surface area contributed by atoms with Crippen molar-refractivity contribution in [2.24, 2.45) is 5.92 Å². The molecule has 1 aliphatic heterocycles. The number of rotatable bonds is 5. The maximum absolute atomic E-state index is 13.8. The minimum Gasteiger partial charge on any atom is -0.352 e. The second-order valence-electron chi connectivity index (χ2n) is 7.34. The smallest absolute Gasteiger partial charge is 0.352 e. The Hall–Kier alpha value is -2.92. The first-order valence-corrected chi connectivity index (χ1v) is 9.61. The highest BCUT2D eigenvalue weighted by atomic mass is 19.4. The predicted molar refractivity (Wildman–Crippen MR) is 102 cm³/mol. The first-order chi connectivity index (χ1) is 14.3. The molecule has 0 aromatic heterocycles. The van der Waals surface area contributed by atoms with E-state index in [-0.39, 0.29) is 35.3 Å². The van der Waals surface area contributed by atoms with E-state index in [2.05, 4.69) is 10.2 Å². The van der Waals surface area contributed by atoms with Crippen molar-refractivity contribution in [3.05, 3.63) is 70.5 Å². The Balaban J connectivity index is 1.55. The molecule has 8 heteroatoms. The normalized spacial score (nSPS) is 15.6. The molecule has 4 nitrogen and oxygen atoms in total. The van der Waals surface area contributed by atoms with Gasteiger partial charge in [0.15, 0.2) is 0 Å². The molecule has 0 bridgehead atoms. The van der Waals surface area contributed by atoms with Gasteiger partial charge in [-0.25, -0.2) is 4.39 Å². The number of alkyl halides is 3. The van der Waals surface area contributed by atoms with Gasteiger partial charge in [-0.2, -0.15) is 18.4 Å². The van der Waals surface area contributed by atoms with Gasteiger partial charge in [0.1, 0.15) is 5.82 Å². The predicted octanol–water partition coefficient (Wildman–Crippen LogP) is 4.24. The highest BCUT2D eigenvalue weighted by Gasteiger charge is 2.34. The average molecular weight is 419 g/mol. The minimum atomic E-state index is -4.61. The van der Waals surface area contributed by atoms with Crippen molar-refractivity contribution >= 4 is 5.91 Å². The van der Waals surface area contributed by atoms with E-state index < -0.39 is 11.7 Å². The monoisotopic (exact) mass is 419 g/mol. The van der Waals surface area contributed by atoms with Crippen LogP contribution in [-0.4, -0.2) is 23.9 Å². The number of benzene rings is 2. The van der Waals surface area contributed by atoms with Crippen LogP contribution in [0.4, 0.5) is 17.6 Å². The first-order valence-electron chi connectivity index (χ1n) is 9.61. The SMILES string of the molecule is N#Cc1ccc(CNC(=O)C2CCN(Cc3ccccc3F)CC2)c(C(F)(F)F)c1. The summed E-state index contributed by atoms with van der Waals surface area (Å²) in [6, 6.07) is 11.6. The topological polar surface area (TPSA) is 56.1 Å². The lowest BCUT2D eigenvalue weighted by molar-refractivity contribution is -0.138. The van der Waals surface area contributed by atoms with Crippen molar-refractivity contribution in [1.82, 2.24) is 10.2 Å². The lowest BCUT2D eigenvalue weighted by atomic mass is 9.95. The molecule has 30 heavy (non-hydrogen) atoms. The number of amides is 1. The molecule has 2 aromatic carbocycles. The molecule has 0 aliphatic carbocycles. The van der Waals surface area contributed by atoms with Gasteiger partial charge in [-0.3, -0.25) is 9.69 Å². The Morgan fingerprint density at radius 1 is 1.13 bits per heavy atom. The third kappa shape index (κ3) is 5.36. The summed E-state index contributed by atoms with van der Waals surface area (Å²) < 4.78 is 53.5. The second-order valence-corrected chi connectivity index (χ2v) is 7.34. The van der Waals surface area contributed by atoms with Crippen LogP contribution in [0.25, 0.3) is 0 Å². The molecule has 1 saturated heterocycles. The lowest BCUT2D eigenvalue weighted by Gasteiger charge is -2.31. The molecule has 1 amide bonds. The molecule has 1 fully saturated rings. The molecular weight excluding hydrogens is 398 g/mol. The Labute approximate surface area is 172 Å². The van der Waals surface area contributed by atoms with E-state index in [0.717, 1.165) is 6.07 Å². The fourth-order valence-corrected chi connectivity index (χ4v) is 3.61. The zero-order valence-electron chi connectivity index (χ0n) is 16.2. The number of carbonyl (C=O) groups is 1. The molecular formula is C22H21F4N3O. The molecule has 1 aliphatic rings. The largest absolute Gasteiger partial charge is 0.416 e.